The zero-order valence-electron chi connectivity index (χ0n) is 16.1. The number of allylic oxidation sites excluding steroid dienone is 1. The lowest BCUT2D eigenvalue weighted by Crippen LogP contribution is -2.38. The van der Waals surface area contributed by atoms with Gasteiger partial charge in [-0.3, -0.25) is 4.99 Å². The summed E-state index contributed by atoms with van der Waals surface area (Å²) in [7, 11) is 0. The van der Waals surface area contributed by atoms with E-state index < -0.39 is 12.6 Å². The predicted molar refractivity (Wildman–Crippen MR) is 106 cm³/mol. The number of hydrogen-bond acceptors (Lipinski definition) is 8. The number of amides is 1. The van der Waals surface area contributed by atoms with Gasteiger partial charge < -0.3 is 19.7 Å². The average molecular weight is 438 g/mol. The first-order valence-corrected chi connectivity index (χ1v) is 10.0. The van der Waals surface area contributed by atoms with Crippen molar-refractivity contribution in [3.8, 4) is 0 Å². The lowest BCUT2D eigenvalue weighted by atomic mass is 10.1. The summed E-state index contributed by atoms with van der Waals surface area (Å²) < 4.78 is 31.6. The molecule has 1 N–H and O–H groups in total. The van der Waals surface area contributed by atoms with Crippen molar-refractivity contribution in [1.82, 2.24) is 25.0 Å². The Hall–Kier alpha value is -3.15. The zero-order valence-corrected chi connectivity index (χ0v) is 16.9. The van der Waals surface area contributed by atoms with E-state index in [1.54, 1.807) is 6.20 Å². The highest BCUT2D eigenvalue weighted by molar-refractivity contribution is 7.11. The van der Waals surface area contributed by atoms with Gasteiger partial charge in [0.15, 0.2) is 10.8 Å². The summed E-state index contributed by atoms with van der Waals surface area (Å²) in [4.78, 5) is 32.7. The highest BCUT2D eigenvalue weighted by Gasteiger charge is 2.27. The Morgan fingerprint density at radius 1 is 1.47 bits per heavy atom. The van der Waals surface area contributed by atoms with Gasteiger partial charge in [-0.15, -0.1) is 11.3 Å². The molecule has 2 aromatic heterocycles. The lowest BCUT2D eigenvalue weighted by molar-refractivity contribution is -0.107. The average Bonchev–Trinajstić information content (AvgIpc) is 3.44. The number of nitrogens with one attached hydrogen (secondary N) is 1. The van der Waals surface area contributed by atoms with E-state index >= 15 is 0 Å². The summed E-state index contributed by atoms with van der Waals surface area (Å²) in [5.41, 5.74) is 1.98. The van der Waals surface area contributed by atoms with E-state index in [1.807, 2.05) is 17.2 Å². The van der Waals surface area contributed by atoms with Crippen LogP contribution in [0.15, 0.2) is 34.5 Å². The Morgan fingerprint density at radius 3 is 2.93 bits per heavy atom. The second-order valence-corrected chi connectivity index (χ2v) is 6.94. The molecule has 0 spiro atoms. The fraction of sp³-hybridized carbons (Fsp3) is 0.389. The minimum atomic E-state index is -2.73. The topological polar surface area (TPSA) is 102 Å². The number of halogens is 2. The number of thiazole rings is 1. The summed E-state index contributed by atoms with van der Waals surface area (Å²) in [6.45, 7) is -0.348. The number of hydrogen-bond donors (Lipinski definition) is 1. The van der Waals surface area contributed by atoms with Crippen molar-refractivity contribution in [2.24, 2.45) is 4.99 Å². The van der Waals surface area contributed by atoms with Crippen LogP contribution in [0.2, 0.25) is 0 Å². The Kier molecular flexibility index (Phi) is 7.22. The molecule has 12 heteroatoms. The van der Waals surface area contributed by atoms with Crippen LogP contribution in [0, 0.1) is 0 Å². The van der Waals surface area contributed by atoms with Crippen molar-refractivity contribution >= 4 is 35.1 Å². The van der Waals surface area contributed by atoms with Crippen LogP contribution in [0.4, 0.5) is 13.6 Å². The van der Waals surface area contributed by atoms with Crippen LogP contribution < -0.4 is 5.32 Å². The maximum atomic E-state index is 12.9. The molecule has 0 atom stereocenters. The van der Waals surface area contributed by atoms with Crippen LogP contribution >= 0.6 is 11.3 Å². The van der Waals surface area contributed by atoms with Crippen LogP contribution in [-0.4, -0.2) is 64.1 Å². The fourth-order valence-electron chi connectivity index (χ4n) is 3.03. The Morgan fingerprint density at radius 2 is 2.30 bits per heavy atom. The van der Waals surface area contributed by atoms with E-state index in [-0.39, 0.29) is 26.2 Å². The van der Waals surface area contributed by atoms with Crippen LogP contribution in [0.1, 0.15) is 30.6 Å². The van der Waals surface area contributed by atoms with Gasteiger partial charge in [-0.25, -0.2) is 14.5 Å². The van der Waals surface area contributed by atoms with Crippen molar-refractivity contribution < 1.29 is 23.1 Å². The van der Waals surface area contributed by atoms with Gasteiger partial charge in [0.25, 0.3) is 0 Å². The van der Waals surface area contributed by atoms with Crippen LogP contribution in [0.3, 0.4) is 0 Å². The molecule has 160 valence electrons. The number of amidine groups is 1. The van der Waals surface area contributed by atoms with Gasteiger partial charge in [-0.05, 0) is 12.5 Å². The molecular weight excluding hydrogens is 418 g/mol. The van der Waals surface area contributed by atoms with Gasteiger partial charge in [0.1, 0.15) is 12.9 Å². The molecule has 1 aliphatic rings. The number of carbonyl (C=O) groups excluding carboxylic acids is 2. The molecule has 0 saturated carbocycles. The number of alkyl carbamates (subject to hydrolysis) is 1. The number of aromatic nitrogens is 3. The van der Waals surface area contributed by atoms with Crippen molar-refractivity contribution in [1.29, 1.82) is 0 Å². The number of aliphatic imine (C=N–C) groups is 1. The molecule has 9 nitrogen and oxygen atoms in total. The van der Waals surface area contributed by atoms with Crippen molar-refractivity contribution in [3.63, 3.8) is 0 Å². The molecule has 1 aliphatic heterocycles. The van der Waals surface area contributed by atoms with Crippen LogP contribution in [0.5, 0.6) is 0 Å². The first-order valence-electron chi connectivity index (χ1n) is 9.17. The molecule has 2 aromatic rings. The molecule has 1 amide bonds. The largest absolute Gasteiger partial charge is 0.448 e. The highest BCUT2D eigenvalue weighted by atomic mass is 32.1. The zero-order chi connectivity index (χ0) is 21.5. The third-order valence-electron chi connectivity index (χ3n) is 4.27. The van der Waals surface area contributed by atoms with Gasteiger partial charge in [-0.2, -0.15) is 13.9 Å². The van der Waals surface area contributed by atoms with Gasteiger partial charge in [-0.1, -0.05) is 6.92 Å². The number of rotatable bonds is 9. The van der Waals surface area contributed by atoms with E-state index in [2.05, 4.69) is 20.4 Å². The third-order valence-corrected chi connectivity index (χ3v) is 5.04. The number of carbonyl (C=O) groups is 2. The second-order valence-electron chi connectivity index (χ2n) is 6.05. The molecule has 0 aromatic carbocycles. The summed E-state index contributed by atoms with van der Waals surface area (Å²) in [5, 5.41) is 8.79. The van der Waals surface area contributed by atoms with E-state index in [1.165, 1.54) is 23.6 Å². The Bertz CT molecular complexity index is 942. The molecular formula is C18H20F2N6O3S. The SMILES string of the molecule is CCC1=C(c2ccn(C(F)F)n2)CN=C(c2nccs2)N1CCOC(=O)NCC=O. The summed E-state index contributed by atoms with van der Waals surface area (Å²) >= 11 is 1.42. The molecule has 0 fully saturated rings. The summed E-state index contributed by atoms with van der Waals surface area (Å²) in [6.07, 6.45) is 3.33. The first kappa shape index (κ1) is 21.6. The predicted octanol–water partition coefficient (Wildman–Crippen LogP) is 2.54. The van der Waals surface area contributed by atoms with Crippen molar-refractivity contribution in [2.45, 2.75) is 19.9 Å². The fourth-order valence-corrected chi connectivity index (χ4v) is 3.68. The molecule has 0 aliphatic carbocycles. The highest BCUT2D eigenvalue weighted by Crippen LogP contribution is 2.30. The summed E-state index contributed by atoms with van der Waals surface area (Å²) in [5.74, 6) is 0.621. The Balaban J connectivity index is 1.85. The van der Waals surface area contributed by atoms with E-state index in [0.717, 1.165) is 11.3 Å². The summed E-state index contributed by atoms with van der Waals surface area (Å²) in [6, 6.07) is 1.53. The maximum Gasteiger partial charge on any atom is 0.407 e. The minimum absolute atomic E-state index is 0.0251. The number of nitrogens with zero attached hydrogens (tertiary/aromatic N) is 5. The molecule has 30 heavy (non-hydrogen) atoms. The number of aldehydes is 1. The van der Waals surface area contributed by atoms with Gasteiger partial charge in [0.2, 0.25) is 0 Å². The van der Waals surface area contributed by atoms with E-state index in [0.29, 0.717) is 33.9 Å². The first-order chi connectivity index (χ1) is 14.5. The van der Waals surface area contributed by atoms with Crippen molar-refractivity contribution in [3.05, 3.63) is 40.2 Å². The van der Waals surface area contributed by atoms with E-state index in [4.69, 9.17) is 4.74 Å². The standard InChI is InChI=1S/C18H20F2N6O3S/c1-2-14-12(13-3-6-26(24-13)17(19)20)11-23-15(16-21-5-10-30-16)25(14)7-9-29-18(28)22-4-8-27/h3,5-6,8,10,17H,2,4,7,9,11H2,1H3,(H,22,28). The second kappa shape index (κ2) is 10.1. The monoisotopic (exact) mass is 438 g/mol. The number of ether oxygens (including phenoxy) is 1. The van der Waals surface area contributed by atoms with Crippen molar-refractivity contribution in [2.75, 3.05) is 26.2 Å². The van der Waals surface area contributed by atoms with Gasteiger partial charge in [0.05, 0.1) is 25.3 Å². The van der Waals surface area contributed by atoms with Crippen LogP contribution in [-0.2, 0) is 9.53 Å². The molecule has 0 unspecified atom stereocenters. The molecule has 3 rings (SSSR count). The lowest BCUT2D eigenvalue weighted by Gasteiger charge is -2.32. The molecule has 0 bridgehead atoms. The molecule has 0 radical (unpaired) electrons. The Labute approximate surface area is 175 Å². The van der Waals surface area contributed by atoms with Gasteiger partial charge >= 0.3 is 12.6 Å². The van der Waals surface area contributed by atoms with Crippen LogP contribution in [0.25, 0.3) is 5.57 Å². The third kappa shape index (κ3) is 4.87. The normalized spacial score (nSPS) is 14.1. The maximum absolute atomic E-state index is 12.9. The number of alkyl halides is 2. The quantitative estimate of drug-likeness (QED) is 0.604. The van der Waals surface area contributed by atoms with Gasteiger partial charge in [0, 0.05) is 29.0 Å². The minimum Gasteiger partial charge on any atom is -0.448 e. The molecule has 3 heterocycles. The van der Waals surface area contributed by atoms with E-state index in [9.17, 15) is 18.4 Å². The molecule has 0 saturated heterocycles. The smallest absolute Gasteiger partial charge is 0.407 e.